The summed E-state index contributed by atoms with van der Waals surface area (Å²) >= 11 is 0. The second-order valence-corrected chi connectivity index (χ2v) is 9.88. The number of furan rings is 1. The molecule has 0 radical (unpaired) electrons. The maximum Gasteiger partial charge on any atom is 0.417 e. The van der Waals surface area contributed by atoms with Crippen LogP contribution in [-0.4, -0.2) is 11.1 Å². The second-order valence-electron chi connectivity index (χ2n) is 9.88. The number of nitrogens with one attached hydrogen (secondary N) is 1. The van der Waals surface area contributed by atoms with E-state index in [1.165, 1.54) is 12.1 Å². The second kappa shape index (κ2) is 9.64. The molecule has 2 aromatic carbocycles. The van der Waals surface area contributed by atoms with Gasteiger partial charge in [0, 0.05) is 10.9 Å². The van der Waals surface area contributed by atoms with Gasteiger partial charge in [-0.2, -0.15) is 13.2 Å². The Morgan fingerprint density at radius 3 is 2.46 bits per heavy atom. The first-order chi connectivity index (χ1) is 16.5. The molecule has 1 N–H and O–H groups in total. The molecule has 7 heteroatoms. The number of rotatable bonds is 7. The molecule has 4 nitrogen and oxygen atoms in total. The zero-order chi connectivity index (χ0) is 25.2. The van der Waals surface area contributed by atoms with Crippen molar-refractivity contribution in [2.24, 2.45) is 5.41 Å². The number of halogens is 3. The summed E-state index contributed by atoms with van der Waals surface area (Å²) in [7, 11) is 0. The lowest BCUT2D eigenvalue weighted by molar-refractivity contribution is -0.137. The number of anilines is 1. The van der Waals surface area contributed by atoms with Gasteiger partial charge in [0.05, 0.1) is 18.2 Å². The fourth-order valence-electron chi connectivity index (χ4n) is 4.17. The van der Waals surface area contributed by atoms with Crippen LogP contribution < -0.4 is 10.1 Å². The van der Waals surface area contributed by atoms with E-state index >= 15 is 0 Å². The van der Waals surface area contributed by atoms with Gasteiger partial charge in [0.25, 0.3) is 0 Å². The summed E-state index contributed by atoms with van der Waals surface area (Å²) in [6.45, 7) is 8.86. The van der Waals surface area contributed by atoms with Crippen LogP contribution in [0.5, 0.6) is 5.75 Å². The maximum atomic E-state index is 13.4. The summed E-state index contributed by atoms with van der Waals surface area (Å²) in [5, 5.41) is 4.16. The lowest BCUT2D eigenvalue weighted by Crippen LogP contribution is -2.20. The molecule has 0 saturated carbocycles. The molecule has 4 aromatic rings. The van der Waals surface area contributed by atoms with E-state index in [1.807, 2.05) is 30.3 Å². The van der Waals surface area contributed by atoms with Gasteiger partial charge in [0.1, 0.15) is 28.6 Å². The van der Waals surface area contributed by atoms with Gasteiger partial charge in [-0.05, 0) is 55.2 Å². The summed E-state index contributed by atoms with van der Waals surface area (Å²) in [5.41, 5.74) is 0.184. The van der Waals surface area contributed by atoms with Gasteiger partial charge < -0.3 is 14.5 Å². The van der Waals surface area contributed by atoms with Gasteiger partial charge in [-0.25, -0.2) is 4.98 Å². The van der Waals surface area contributed by atoms with E-state index in [1.54, 1.807) is 18.2 Å². The molecular formula is C28H29F3N2O2. The standard InChI is InChI=1S/C28H29F3N2O2/c1-18(16-27(2,3)4)34-24-11-7-8-19-12-15-25(33-26(19)24)32-17-20-13-14-23(35-20)21-9-5-6-10-22(21)28(29,30)31/h5-15,18H,16-17H2,1-4H3,(H,32,33). The van der Waals surface area contributed by atoms with Crippen molar-refractivity contribution >= 4 is 16.7 Å². The molecular weight excluding hydrogens is 453 g/mol. The Labute approximate surface area is 203 Å². The Balaban J connectivity index is 1.50. The van der Waals surface area contributed by atoms with E-state index in [-0.39, 0.29) is 29.4 Å². The summed E-state index contributed by atoms with van der Waals surface area (Å²) < 4.78 is 52.0. The van der Waals surface area contributed by atoms with E-state index in [2.05, 4.69) is 33.0 Å². The first-order valence-corrected chi connectivity index (χ1v) is 11.6. The minimum atomic E-state index is -4.46. The number of benzene rings is 2. The summed E-state index contributed by atoms with van der Waals surface area (Å²) in [6, 6.07) is 18.3. The molecule has 0 fully saturated rings. The molecule has 0 amide bonds. The largest absolute Gasteiger partial charge is 0.488 e. The molecule has 0 aliphatic heterocycles. The van der Waals surface area contributed by atoms with Crippen LogP contribution in [0.25, 0.3) is 22.2 Å². The van der Waals surface area contributed by atoms with Crippen molar-refractivity contribution in [3.05, 3.63) is 78.1 Å². The van der Waals surface area contributed by atoms with Gasteiger partial charge in [-0.15, -0.1) is 0 Å². The van der Waals surface area contributed by atoms with Crippen LogP contribution in [0.2, 0.25) is 0 Å². The van der Waals surface area contributed by atoms with Crippen LogP contribution >= 0.6 is 0 Å². The SMILES string of the molecule is CC(CC(C)(C)C)Oc1cccc2ccc(NCc3ccc(-c4ccccc4C(F)(F)F)o3)nc12. The van der Waals surface area contributed by atoms with E-state index in [4.69, 9.17) is 14.1 Å². The molecule has 35 heavy (non-hydrogen) atoms. The third-order valence-electron chi connectivity index (χ3n) is 5.51. The Morgan fingerprint density at radius 2 is 1.71 bits per heavy atom. The number of aromatic nitrogens is 1. The number of ether oxygens (including phenoxy) is 1. The van der Waals surface area contributed by atoms with Crippen LogP contribution in [-0.2, 0) is 12.7 Å². The molecule has 184 valence electrons. The third-order valence-corrected chi connectivity index (χ3v) is 5.51. The normalized spacial score (nSPS) is 13.1. The quantitative estimate of drug-likeness (QED) is 0.288. The van der Waals surface area contributed by atoms with Gasteiger partial charge in [0.2, 0.25) is 0 Å². The van der Waals surface area contributed by atoms with Crippen molar-refractivity contribution in [1.82, 2.24) is 4.98 Å². The highest BCUT2D eigenvalue weighted by Gasteiger charge is 2.34. The number of para-hydroxylation sites is 1. The zero-order valence-corrected chi connectivity index (χ0v) is 20.2. The molecule has 2 heterocycles. The Hall–Kier alpha value is -3.48. The van der Waals surface area contributed by atoms with Crippen molar-refractivity contribution < 1.29 is 22.3 Å². The van der Waals surface area contributed by atoms with Gasteiger partial charge in [-0.1, -0.05) is 51.1 Å². The van der Waals surface area contributed by atoms with Crippen LogP contribution in [0, 0.1) is 5.41 Å². The zero-order valence-electron chi connectivity index (χ0n) is 20.2. The highest BCUT2D eigenvalue weighted by atomic mass is 19.4. The van der Waals surface area contributed by atoms with E-state index in [9.17, 15) is 13.2 Å². The van der Waals surface area contributed by atoms with E-state index in [0.717, 1.165) is 23.4 Å². The number of pyridine rings is 1. The molecule has 0 spiro atoms. The first-order valence-electron chi connectivity index (χ1n) is 11.6. The minimum absolute atomic E-state index is 0.0150. The predicted octanol–water partition coefficient (Wildman–Crippen LogP) is 8.33. The molecule has 0 aliphatic rings. The van der Waals surface area contributed by atoms with Crippen molar-refractivity contribution in [3.63, 3.8) is 0 Å². The van der Waals surface area contributed by atoms with E-state index < -0.39 is 11.7 Å². The van der Waals surface area contributed by atoms with Crippen LogP contribution in [0.15, 0.2) is 71.1 Å². The Kier molecular flexibility index (Phi) is 6.79. The van der Waals surface area contributed by atoms with Crippen molar-refractivity contribution in [2.45, 2.75) is 52.9 Å². The molecule has 0 aliphatic carbocycles. The third kappa shape index (κ3) is 6.15. The summed E-state index contributed by atoms with van der Waals surface area (Å²) in [4.78, 5) is 4.72. The fraction of sp³-hybridized carbons (Fsp3) is 0.321. The molecule has 1 unspecified atom stereocenters. The fourth-order valence-corrected chi connectivity index (χ4v) is 4.17. The van der Waals surface area contributed by atoms with Gasteiger partial charge in [-0.3, -0.25) is 0 Å². The minimum Gasteiger partial charge on any atom is -0.488 e. The molecule has 4 rings (SSSR count). The topological polar surface area (TPSA) is 47.3 Å². The average molecular weight is 483 g/mol. The lowest BCUT2D eigenvalue weighted by Gasteiger charge is -2.24. The van der Waals surface area contributed by atoms with Crippen LogP contribution in [0.3, 0.4) is 0 Å². The monoisotopic (exact) mass is 482 g/mol. The summed E-state index contributed by atoms with van der Waals surface area (Å²) in [5.74, 6) is 2.00. The first kappa shape index (κ1) is 24.6. The molecule has 0 bridgehead atoms. The van der Waals surface area contributed by atoms with Crippen molar-refractivity contribution in [3.8, 4) is 17.1 Å². The predicted molar refractivity (Wildman–Crippen MR) is 132 cm³/mol. The van der Waals surface area contributed by atoms with Crippen LogP contribution in [0.4, 0.5) is 19.0 Å². The highest BCUT2D eigenvalue weighted by Crippen LogP contribution is 2.37. The smallest absolute Gasteiger partial charge is 0.417 e. The Morgan fingerprint density at radius 1 is 0.943 bits per heavy atom. The number of nitrogens with zero attached hydrogens (tertiary/aromatic N) is 1. The number of alkyl halides is 3. The average Bonchev–Trinajstić information content (AvgIpc) is 3.25. The van der Waals surface area contributed by atoms with Crippen molar-refractivity contribution in [2.75, 3.05) is 5.32 Å². The van der Waals surface area contributed by atoms with Crippen molar-refractivity contribution in [1.29, 1.82) is 0 Å². The Bertz CT molecular complexity index is 1310. The number of hydrogen-bond acceptors (Lipinski definition) is 4. The molecule has 2 aromatic heterocycles. The van der Waals surface area contributed by atoms with Gasteiger partial charge >= 0.3 is 6.18 Å². The number of fused-ring (bicyclic) bond motifs is 1. The van der Waals surface area contributed by atoms with Gasteiger partial charge in [0.15, 0.2) is 0 Å². The molecule has 1 atom stereocenters. The summed E-state index contributed by atoms with van der Waals surface area (Å²) in [6.07, 6.45) is -3.53. The van der Waals surface area contributed by atoms with Crippen LogP contribution in [0.1, 0.15) is 45.4 Å². The maximum absolute atomic E-state index is 13.4. The molecule has 0 saturated heterocycles. The highest BCUT2D eigenvalue weighted by molar-refractivity contribution is 5.85. The lowest BCUT2D eigenvalue weighted by atomic mass is 9.90. The number of hydrogen-bond donors (Lipinski definition) is 1. The van der Waals surface area contributed by atoms with E-state index in [0.29, 0.717) is 17.3 Å².